The van der Waals surface area contributed by atoms with E-state index in [1.54, 1.807) is 32.0 Å². The lowest BCUT2D eigenvalue weighted by Gasteiger charge is -2.07. The predicted molar refractivity (Wildman–Crippen MR) is 66.5 cm³/mol. The molecule has 1 aromatic rings. The van der Waals surface area contributed by atoms with E-state index in [1.165, 1.54) is 6.20 Å². The Morgan fingerprint density at radius 3 is 2.68 bits per heavy atom. The second kappa shape index (κ2) is 4.87. The first-order chi connectivity index (χ1) is 8.90. The van der Waals surface area contributed by atoms with E-state index < -0.39 is 5.97 Å². The van der Waals surface area contributed by atoms with E-state index in [-0.39, 0.29) is 23.2 Å². The monoisotopic (exact) mass is 264 g/mol. The Balaban J connectivity index is 2.11. The zero-order valence-corrected chi connectivity index (χ0v) is 11.1. The Hall–Kier alpha value is -2.11. The molecule has 0 aliphatic heterocycles. The molecule has 6 nitrogen and oxygen atoms in total. The molecule has 1 aliphatic carbocycles. The Morgan fingerprint density at radius 2 is 2.21 bits per heavy atom. The number of aliphatic carboxylic acids is 1. The van der Waals surface area contributed by atoms with Crippen molar-refractivity contribution in [3.05, 3.63) is 29.3 Å². The number of hydrogen-bond donors (Lipinski definition) is 1. The van der Waals surface area contributed by atoms with Gasteiger partial charge in [0.15, 0.2) is 5.78 Å². The lowest BCUT2D eigenvalue weighted by atomic mass is 10.1. The summed E-state index contributed by atoms with van der Waals surface area (Å²) in [4.78, 5) is 24.8. The summed E-state index contributed by atoms with van der Waals surface area (Å²) in [5, 5.41) is 13.0. The van der Waals surface area contributed by atoms with Gasteiger partial charge in [0.1, 0.15) is 11.3 Å². The minimum atomic E-state index is -1.19. The number of carbonyl (C=O) groups excluding carboxylic acids is 1. The molecular weight excluding hydrogens is 248 g/mol. The zero-order chi connectivity index (χ0) is 14.2. The molecule has 1 heterocycles. The molecular formula is C13H16N2O4. The van der Waals surface area contributed by atoms with Crippen LogP contribution in [0.15, 0.2) is 22.4 Å². The number of Topliss-reactive ketones (excluding diaryl/α,β-unsaturated/α-hetero) is 1. The van der Waals surface area contributed by atoms with Crippen LogP contribution in [0.2, 0.25) is 0 Å². The minimum Gasteiger partial charge on any atom is -0.478 e. The second-order valence-corrected chi connectivity index (χ2v) is 4.99. The fraction of sp³-hybridized carbons (Fsp3) is 0.462. The van der Waals surface area contributed by atoms with Crippen molar-refractivity contribution in [1.82, 2.24) is 10.1 Å². The lowest BCUT2D eigenvalue weighted by Crippen LogP contribution is -2.18. The number of aromatic nitrogens is 1. The van der Waals surface area contributed by atoms with Crippen molar-refractivity contribution >= 4 is 11.8 Å². The van der Waals surface area contributed by atoms with E-state index in [0.717, 1.165) is 5.69 Å². The molecule has 102 valence electrons. The third kappa shape index (κ3) is 2.83. The van der Waals surface area contributed by atoms with Gasteiger partial charge in [-0.1, -0.05) is 5.16 Å². The average molecular weight is 264 g/mol. The van der Waals surface area contributed by atoms with Gasteiger partial charge in [-0.25, -0.2) is 4.79 Å². The first-order valence-electron chi connectivity index (χ1n) is 5.99. The van der Waals surface area contributed by atoms with Crippen LogP contribution in [-0.2, 0) is 9.59 Å². The molecule has 1 aliphatic rings. The zero-order valence-electron chi connectivity index (χ0n) is 11.1. The fourth-order valence-electron chi connectivity index (χ4n) is 2.05. The number of aryl methyl sites for hydroxylation is 1. The number of ketones is 1. The molecule has 0 aromatic carbocycles. The van der Waals surface area contributed by atoms with Crippen LogP contribution in [0.4, 0.5) is 0 Å². The van der Waals surface area contributed by atoms with Gasteiger partial charge in [0, 0.05) is 38.2 Å². The van der Waals surface area contributed by atoms with Gasteiger partial charge >= 0.3 is 5.97 Å². The van der Waals surface area contributed by atoms with Crippen LogP contribution in [0.1, 0.15) is 23.8 Å². The highest BCUT2D eigenvalue weighted by Gasteiger charge is 2.47. The van der Waals surface area contributed by atoms with Gasteiger partial charge in [-0.05, 0) is 13.3 Å². The normalized spacial score (nSPS) is 22.2. The van der Waals surface area contributed by atoms with Crippen LogP contribution >= 0.6 is 0 Å². The summed E-state index contributed by atoms with van der Waals surface area (Å²) in [5.74, 6) is -1.16. The van der Waals surface area contributed by atoms with Gasteiger partial charge in [0.25, 0.3) is 0 Å². The van der Waals surface area contributed by atoms with Crippen LogP contribution in [0.5, 0.6) is 0 Å². The summed E-state index contributed by atoms with van der Waals surface area (Å²) in [6.07, 6.45) is 1.97. The SMILES string of the molecule is Cc1cc(C2CC2C(=O)C(=CN(C)C)C(=O)O)no1. The molecule has 2 unspecified atom stereocenters. The van der Waals surface area contributed by atoms with Crippen molar-refractivity contribution in [3.8, 4) is 0 Å². The first-order valence-corrected chi connectivity index (χ1v) is 5.99. The van der Waals surface area contributed by atoms with E-state index in [9.17, 15) is 9.59 Å². The van der Waals surface area contributed by atoms with Crippen molar-refractivity contribution in [2.75, 3.05) is 14.1 Å². The van der Waals surface area contributed by atoms with Crippen molar-refractivity contribution < 1.29 is 19.2 Å². The second-order valence-electron chi connectivity index (χ2n) is 4.99. The molecule has 0 saturated heterocycles. The van der Waals surface area contributed by atoms with Gasteiger partial charge < -0.3 is 14.5 Å². The van der Waals surface area contributed by atoms with Crippen LogP contribution < -0.4 is 0 Å². The fourth-order valence-corrected chi connectivity index (χ4v) is 2.05. The number of nitrogens with zero attached hydrogens (tertiary/aromatic N) is 2. The molecule has 0 spiro atoms. The van der Waals surface area contributed by atoms with Gasteiger partial charge in [-0.3, -0.25) is 4.79 Å². The maximum Gasteiger partial charge on any atom is 0.340 e. The Morgan fingerprint density at radius 1 is 1.53 bits per heavy atom. The van der Waals surface area contributed by atoms with Crippen LogP contribution in [0.3, 0.4) is 0 Å². The summed E-state index contributed by atoms with van der Waals surface area (Å²) in [6.45, 7) is 1.78. The summed E-state index contributed by atoms with van der Waals surface area (Å²) in [6, 6.07) is 1.79. The van der Waals surface area contributed by atoms with E-state index in [0.29, 0.717) is 12.2 Å². The minimum absolute atomic E-state index is 0.0186. The van der Waals surface area contributed by atoms with Gasteiger partial charge in [-0.2, -0.15) is 0 Å². The Labute approximate surface area is 110 Å². The largest absolute Gasteiger partial charge is 0.478 e. The predicted octanol–water partition coefficient (Wildman–Crippen LogP) is 1.19. The molecule has 1 N–H and O–H groups in total. The number of rotatable bonds is 5. The van der Waals surface area contributed by atoms with Crippen molar-refractivity contribution in [2.45, 2.75) is 19.3 Å². The van der Waals surface area contributed by atoms with E-state index in [1.807, 2.05) is 0 Å². The first kappa shape index (κ1) is 13.3. The number of carbonyl (C=O) groups is 2. The highest BCUT2D eigenvalue weighted by molar-refractivity contribution is 6.18. The summed E-state index contributed by atoms with van der Waals surface area (Å²) < 4.78 is 4.97. The van der Waals surface area contributed by atoms with Gasteiger partial charge in [0.05, 0.1) is 5.69 Å². The third-order valence-electron chi connectivity index (χ3n) is 3.04. The van der Waals surface area contributed by atoms with Crippen LogP contribution in [-0.4, -0.2) is 41.0 Å². The Bertz CT molecular complexity index is 545. The molecule has 1 fully saturated rings. The Kier molecular flexibility index (Phi) is 3.42. The molecule has 19 heavy (non-hydrogen) atoms. The number of carboxylic acid groups (broad SMARTS) is 1. The summed E-state index contributed by atoms with van der Waals surface area (Å²) in [5.41, 5.74) is 0.545. The van der Waals surface area contributed by atoms with Crippen LogP contribution in [0.25, 0.3) is 0 Å². The van der Waals surface area contributed by atoms with Gasteiger partial charge in [0.2, 0.25) is 0 Å². The number of carboxylic acids is 1. The number of hydrogen-bond acceptors (Lipinski definition) is 5. The summed E-state index contributed by atoms with van der Waals surface area (Å²) in [7, 11) is 3.36. The molecule has 1 saturated carbocycles. The van der Waals surface area contributed by atoms with E-state index in [2.05, 4.69) is 5.16 Å². The maximum atomic E-state index is 12.1. The van der Waals surface area contributed by atoms with Crippen molar-refractivity contribution in [2.24, 2.45) is 5.92 Å². The molecule has 0 radical (unpaired) electrons. The maximum absolute atomic E-state index is 12.1. The highest BCUT2D eigenvalue weighted by Crippen LogP contribution is 2.48. The molecule has 2 atom stereocenters. The summed E-state index contributed by atoms with van der Waals surface area (Å²) >= 11 is 0. The smallest absolute Gasteiger partial charge is 0.340 e. The molecule has 2 rings (SSSR count). The van der Waals surface area contributed by atoms with Crippen molar-refractivity contribution in [3.63, 3.8) is 0 Å². The van der Waals surface area contributed by atoms with E-state index >= 15 is 0 Å². The quantitative estimate of drug-likeness (QED) is 0.488. The molecule has 0 bridgehead atoms. The third-order valence-corrected chi connectivity index (χ3v) is 3.04. The lowest BCUT2D eigenvalue weighted by molar-refractivity contribution is -0.135. The molecule has 6 heteroatoms. The van der Waals surface area contributed by atoms with Crippen molar-refractivity contribution in [1.29, 1.82) is 0 Å². The molecule has 0 amide bonds. The standard InChI is InChI=1S/C13H16N2O4/c1-7-4-11(14-19-7)8-5-9(8)12(16)10(13(17)18)6-15(2)3/h4,6,8-9H,5H2,1-3H3,(H,17,18). The topological polar surface area (TPSA) is 83.6 Å². The van der Waals surface area contributed by atoms with E-state index in [4.69, 9.17) is 9.63 Å². The average Bonchev–Trinajstić information content (AvgIpc) is 3.01. The highest BCUT2D eigenvalue weighted by atomic mass is 16.5. The molecule has 1 aromatic heterocycles. The van der Waals surface area contributed by atoms with Crippen LogP contribution in [0, 0.1) is 12.8 Å². The van der Waals surface area contributed by atoms with Gasteiger partial charge in [-0.15, -0.1) is 0 Å².